The third kappa shape index (κ3) is 11.6. The first-order valence-electron chi connectivity index (χ1n) is 19.1. The number of methoxy groups -OCH3 is 1. The summed E-state index contributed by atoms with van der Waals surface area (Å²) >= 11 is 0. The Kier molecular flexibility index (Phi) is 15.0. The molecular formula is C40H61N7O6. The summed E-state index contributed by atoms with van der Waals surface area (Å²) in [5.74, 6) is -0.897. The van der Waals surface area contributed by atoms with Crippen molar-refractivity contribution in [3.63, 3.8) is 0 Å². The molecule has 5 unspecified atom stereocenters. The second kappa shape index (κ2) is 19.2. The van der Waals surface area contributed by atoms with Crippen molar-refractivity contribution in [2.75, 3.05) is 26.7 Å². The van der Waals surface area contributed by atoms with Crippen LogP contribution in [0.25, 0.3) is 0 Å². The van der Waals surface area contributed by atoms with E-state index in [1.807, 2.05) is 90.1 Å². The van der Waals surface area contributed by atoms with Crippen LogP contribution in [0.4, 0.5) is 9.59 Å². The van der Waals surface area contributed by atoms with E-state index in [1.165, 1.54) is 7.11 Å². The minimum absolute atomic E-state index is 0.0389. The molecule has 4 N–H and O–H groups in total. The molecule has 53 heavy (non-hydrogen) atoms. The highest BCUT2D eigenvalue weighted by Crippen LogP contribution is 2.26. The van der Waals surface area contributed by atoms with E-state index in [1.54, 1.807) is 14.8 Å². The van der Waals surface area contributed by atoms with Crippen LogP contribution in [0.15, 0.2) is 48.5 Å². The summed E-state index contributed by atoms with van der Waals surface area (Å²) in [4.78, 5) is 62.2. The Morgan fingerprint density at radius 1 is 1.00 bits per heavy atom. The molecule has 2 heterocycles. The van der Waals surface area contributed by atoms with Crippen LogP contribution in [0.1, 0.15) is 90.1 Å². The van der Waals surface area contributed by atoms with Gasteiger partial charge in [0, 0.05) is 31.4 Å². The van der Waals surface area contributed by atoms with Crippen LogP contribution in [-0.4, -0.2) is 106 Å². The average Bonchev–Trinajstić information content (AvgIpc) is 3.48. The third-order valence-electron chi connectivity index (χ3n) is 10.5. The van der Waals surface area contributed by atoms with Crippen molar-refractivity contribution in [3.8, 4) is 0 Å². The second-order valence-corrected chi connectivity index (χ2v) is 15.7. The Balaban J connectivity index is 1.58. The van der Waals surface area contributed by atoms with Gasteiger partial charge in [-0.3, -0.25) is 20.0 Å². The molecule has 2 fully saturated rings. The van der Waals surface area contributed by atoms with Gasteiger partial charge in [0.2, 0.25) is 5.91 Å². The molecule has 4 rings (SSSR count). The molecule has 2 aromatic rings. The van der Waals surface area contributed by atoms with Crippen molar-refractivity contribution in [1.29, 1.82) is 0 Å². The Bertz CT molecular complexity index is 1510. The van der Waals surface area contributed by atoms with Crippen molar-refractivity contribution in [2.24, 2.45) is 11.3 Å². The van der Waals surface area contributed by atoms with Crippen molar-refractivity contribution < 1.29 is 29.0 Å². The third-order valence-corrected chi connectivity index (χ3v) is 10.5. The van der Waals surface area contributed by atoms with Gasteiger partial charge in [0.15, 0.2) is 0 Å². The van der Waals surface area contributed by atoms with Gasteiger partial charge in [-0.25, -0.2) is 14.6 Å². The smallest absolute Gasteiger partial charge is 0.407 e. The van der Waals surface area contributed by atoms with Crippen molar-refractivity contribution >= 4 is 23.9 Å². The molecule has 5 atom stereocenters. The van der Waals surface area contributed by atoms with Crippen LogP contribution in [0.5, 0.6) is 0 Å². The quantitative estimate of drug-likeness (QED) is 0.183. The lowest BCUT2D eigenvalue weighted by atomic mass is 9.86. The van der Waals surface area contributed by atoms with Gasteiger partial charge in [-0.1, -0.05) is 96.7 Å². The minimum atomic E-state index is -1.10. The number of aryl methyl sites for hydroxylation is 1. The maximum Gasteiger partial charge on any atom is 0.407 e. The Hall–Kier alpha value is -4.23. The molecular weight excluding hydrogens is 674 g/mol. The lowest BCUT2D eigenvalue weighted by Crippen LogP contribution is -2.62. The number of nitrogens with zero attached hydrogens (tertiary/aromatic N) is 4. The number of benzene rings is 1. The van der Waals surface area contributed by atoms with E-state index in [2.05, 4.69) is 21.0 Å². The molecule has 0 spiro atoms. The highest BCUT2D eigenvalue weighted by Gasteiger charge is 2.41. The number of alkyl carbamates (subject to hydrolysis) is 1. The number of ether oxygens (including phenoxy) is 1. The Morgan fingerprint density at radius 2 is 1.70 bits per heavy atom. The van der Waals surface area contributed by atoms with Gasteiger partial charge in [-0.2, -0.15) is 0 Å². The fourth-order valence-corrected chi connectivity index (χ4v) is 7.30. The number of amides is 5. The van der Waals surface area contributed by atoms with Crippen LogP contribution in [0, 0.1) is 18.3 Å². The minimum Gasteiger partial charge on any atom is -0.453 e. The van der Waals surface area contributed by atoms with E-state index in [0.717, 1.165) is 49.1 Å². The van der Waals surface area contributed by atoms with Gasteiger partial charge in [-0.15, -0.1) is 0 Å². The molecule has 1 aliphatic heterocycles. The lowest BCUT2D eigenvalue weighted by molar-refractivity contribution is -0.134. The number of aliphatic hydroxyl groups is 1. The number of nitrogens with one attached hydrogen (secondary N) is 3. The normalized spacial score (nSPS) is 18.2. The van der Waals surface area contributed by atoms with Crippen molar-refractivity contribution in [3.05, 3.63) is 65.5 Å². The molecule has 1 saturated heterocycles. The standard InChI is InChI=1S/C40H61N7O6/c1-8-27(2)34(46-23-22-45(39(46)52)25-30-19-15-16-28(3)41-30)36(49)42-32(24-29-17-11-9-12-18-29)33(48)26-47(31-20-13-10-14-21-31)44-37(50)35(40(4,5)6)43-38(51)53-7/h9,11-12,15-19,27,31-35,48H,8,10,13-14,20-26H2,1-7H3,(H,42,49)(H,43,51)(H,44,50). The fraction of sp³-hybridized carbons (Fsp3) is 0.625. The topological polar surface area (TPSA) is 156 Å². The molecule has 0 radical (unpaired) electrons. The first kappa shape index (κ1) is 41.5. The first-order chi connectivity index (χ1) is 25.2. The van der Waals surface area contributed by atoms with Gasteiger partial charge in [0.1, 0.15) is 12.1 Å². The molecule has 1 saturated carbocycles. The van der Waals surface area contributed by atoms with Gasteiger partial charge in [-0.05, 0) is 55.2 Å². The number of urea groups is 1. The number of pyridine rings is 1. The Labute approximate surface area is 315 Å². The van der Waals surface area contributed by atoms with Crippen LogP contribution < -0.4 is 16.1 Å². The van der Waals surface area contributed by atoms with Gasteiger partial charge >= 0.3 is 12.1 Å². The summed E-state index contributed by atoms with van der Waals surface area (Å²) in [6, 6.07) is 12.7. The maximum atomic E-state index is 14.4. The average molecular weight is 736 g/mol. The summed E-state index contributed by atoms with van der Waals surface area (Å²) < 4.78 is 4.81. The molecule has 2 aliphatic rings. The van der Waals surface area contributed by atoms with Crippen LogP contribution in [-0.2, 0) is 27.3 Å². The fourth-order valence-electron chi connectivity index (χ4n) is 7.30. The monoisotopic (exact) mass is 735 g/mol. The van der Waals surface area contributed by atoms with E-state index in [-0.39, 0.29) is 30.4 Å². The second-order valence-electron chi connectivity index (χ2n) is 15.7. The Morgan fingerprint density at radius 3 is 2.32 bits per heavy atom. The van der Waals surface area contributed by atoms with Crippen molar-refractivity contribution in [1.82, 2.24) is 35.9 Å². The summed E-state index contributed by atoms with van der Waals surface area (Å²) in [5, 5.41) is 19.7. The molecule has 5 amide bonds. The van der Waals surface area contributed by atoms with E-state index in [0.29, 0.717) is 32.5 Å². The molecule has 13 nitrogen and oxygen atoms in total. The largest absolute Gasteiger partial charge is 0.453 e. The van der Waals surface area contributed by atoms with Gasteiger partial charge < -0.3 is 30.3 Å². The van der Waals surface area contributed by atoms with E-state index < -0.39 is 41.6 Å². The summed E-state index contributed by atoms with van der Waals surface area (Å²) in [6.45, 7) is 12.7. The zero-order valence-electron chi connectivity index (χ0n) is 32.6. The molecule has 1 aliphatic carbocycles. The number of aromatic nitrogens is 1. The van der Waals surface area contributed by atoms with Gasteiger partial charge in [0.25, 0.3) is 5.91 Å². The number of carbonyl (C=O) groups excluding carboxylic acids is 4. The number of hydrogen-bond donors (Lipinski definition) is 4. The first-order valence-corrected chi connectivity index (χ1v) is 19.1. The van der Waals surface area contributed by atoms with Crippen LogP contribution in [0.3, 0.4) is 0 Å². The zero-order valence-corrected chi connectivity index (χ0v) is 32.6. The number of rotatable bonds is 16. The van der Waals surface area contributed by atoms with E-state index in [9.17, 15) is 24.3 Å². The van der Waals surface area contributed by atoms with E-state index in [4.69, 9.17) is 4.74 Å². The lowest BCUT2D eigenvalue weighted by Gasteiger charge is -2.39. The summed E-state index contributed by atoms with van der Waals surface area (Å²) in [6.07, 6.45) is 3.91. The van der Waals surface area contributed by atoms with Crippen LogP contribution >= 0.6 is 0 Å². The summed E-state index contributed by atoms with van der Waals surface area (Å²) in [7, 11) is 1.25. The molecule has 1 aromatic heterocycles. The van der Waals surface area contributed by atoms with E-state index >= 15 is 0 Å². The number of hydrogen-bond acceptors (Lipinski definition) is 8. The maximum absolute atomic E-state index is 14.4. The predicted octanol–water partition coefficient (Wildman–Crippen LogP) is 4.57. The zero-order chi connectivity index (χ0) is 38.7. The highest BCUT2D eigenvalue weighted by atomic mass is 16.5. The van der Waals surface area contributed by atoms with Crippen LogP contribution in [0.2, 0.25) is 0 Å². The molecule has 13 heteroatoms. The number of aliphatic hydroxyl groups excluding tert-OH is 1. The molecule has 292 valence electrons. The summed E-state index contributed by atoms with van der Waals surface area (Å²) in [5.41, 5.74) is 5.00. The highest BCUT2D eigenvalue weighted by molar-refractivity contribution is 5.88. The van der Waals surface area contributed by atoms with Gasteiger partial charge in [0.05, 0.1) is 31.5 Å². The predicted molar refractivity (Wildman–Crippen MR) is 203 cm³/mol. The SMILES string of the molecule is CCC(C)C(C(=O)NC(Cc1ccccc1)C(O)CN(NC(=O)C(NC(=O)OC)C(C)(C)C)C1CCCCC1)N1CCN(Cc2cccc(C)n2)C1=O. The molecule has 1 aromatic carbocycles. The number of hydrazine groups is 1. The van der Waals surface area contributed by atoms with Crippen molar-refractivity contribution in [2.45, 2.75) is 123 Å². The molecule has 0 bridgehead atoms. The number of carbonyl (C=O) groups is 4.